The Bertz CT molecular complexity index is 374. The molecule has 1 aromatic rings. The van der Waals surface area contributed by atoms with Crippen LogP contribution < -0.4 is 10.1 Å². The average Bonchev–Trinajstić information content (AvgIpc) is 2.37. The van der Waals surface area contributed by atoms with Crippen molar-refractivity contribution in [2.24, 2.45) is 0 Å². The van der Waals surface area contributed by atoms with E-state index < -0.39 is 0 Å². The van der Waals surface area contributed by atoms with Crippen LogP contribution >= 0.6 is 0 Å². The monoisotopic (exact) mass is 264 g/mol. The summed E-state index contributed by atoms with van der Waals surface area (Å²) in [6.07, 6.45) is 2.34. The van der Waals surface area contributed by atoms with Crippen molar-refractivity contribution in [2.75, 3.05) is 13.2 Å². The second-order valence-corrected chi connectivity index (χ2v) is 5.79. The third-order valence-electron chi connectivity index (χ3n) is 3.69. The Morgan fingerprint density at radius 3 is 2.53 bits per heavy atom. The summed E-state index contributed by atoms with van der Waals surface area (Å²) in [6, 6.07) is 7.18. The zero-order valence-electron chi connectivity index (χ0n) is 13.2. The Morgan fingerprint density at radius 1 is 1.21 bits per heavy atom. The van der Waals surface area contributed by atoms with Gasteiger partial charge in [-0.1, -0.05) is 26.8 Å². The van der Waals surface area contributed by atoms with Gasteiger partial charge < -0.3 is 10.1 Å². The lowest BCUT2D eigenvalue weighted by molar-refractivity contribution is -0.686. The first kappa shape index (κ1) is 16.0. The van der Waals surface area contributed by atoms with E-state index in [9.17, 15) is 0 Å². The second kappa shape index (κ2) is 8.21. The minimum atomic E-state index is 0.583. The highest BCUT2D eigenvalue weighted by Gasteiger charge is 2.05. The lowest BCUT2D eigenvalue weighted by atomic mass is 9.98. The summed E-state index contributed by atoms with van der Waals surface area (Å²) < 4.78 is 5.82. The molecule has 0 spiro atoms. The highest BCUT2D eigenvalue weighted by molar-refractivity contribution is 5.36. The summed E-state index contributed by atoms with van der Waals surface area (Å²) in [7, 11) is 0. The molecule has 0 aromatic heterocycles. The molecule has 2 nitrogen and oxygen atoms in total. The van der Waals surface area contributed by atoms with Crippen molar-refractivity contribution in [1.29, 1.82) is 0 Å². The molecule has 0 bridgehead atoms. The topological polar surface area (TPSA) is 25.8 Å². The Hall–Kier alpha value is -1.02. The average molecular weight is 264 g/mol. The van der Waals surface area contributed by atoms with Crippen LogP contribution in [0.15, 0.2) is 18.2 Å². The lowest BCUT2D eigenvalue weighted by Crippen LogP contribution is -2.89. The number of benzene rings is 1. The first-order chi connectivity index (χ1) is 9.04. The van der Waals surface area contributed by atoms with Gasteiger partial charge in [-0.05, 0) is 49.4 Å². The summed E-state index contributed by atoms with van der Waals surface area (Å²) in [4.78, 5) is 0. The molecule has 1 rings (SSSR count). The van der Waals surface area contributed by atoms with Crippen LogP contribution in [-0.4, -0.2) is 19.2 Å². The molecule has 1 aromatic carbocycles. The lowest BCUT2D eigenvalue weighted by Gasteiger charge is -2.12. The molecular weight excluding hydrogens is 234 g/mol. The molecule has 0 fully saturated rings. The molecule has 0 unspecified atom stereocenters. The summed E-state index contributed by atoms with van der Waals surface area (Å²) in [6.45, 7) is 13.1. The largest absolute Gasteiger partial charge is 0.493 e. The normalized spacial score (nSPS) is 12.7. The van der Waals surface area contributed by atoms with E-state index in [-0.39, 0.29) is 0 Å². The van der Waals surface area contributed by atoms with Crippen LogP contribution in [0.4, 0.5) is 0 Å². The van der Waals surface area contributed by atoms with Gasteiger partial charge in [-0.3, -0.25) is 0 Å². The van der Waals surface area contributed by atoms with Gasteiger partial charge in [0.05, 0.1) is 19.2 Å². The number of quaternary nitrogens is 1. The van der Waals surface area contributed by atoms with Crippen molar-refractivity contribution in [3.8, 4) is 5.75 Å². The van der Waals surface area contributed by atoms with Crippen LogP contribution in [0.25, 0.3) is 0 Å². The van der Waals surface area contributed by atoms with Crippen molar-refractivity contribution in [3.63, 3.8) is 0 Å². The van der Waals surface area contributed by atoms with Crippen molar-refractivity contribution < 1.29 is 10.1 Å². The van der Waals surface area contributed by atoms with Crippen LogP contribution in [0.2, 0.25) is 0 Å². The van der Waals surface area contributed by atoms with Crippen LogP contribution in [0.1, 0.15) is 57.6 Å². The second-order valence-electron chi connectivity index (χ2n) is 5.79. The van der Waals surface area contributed by atoms with Crippen molar-refractivity contribution in [3.05, 3.63) is 29.3 Å². The summed E-state index contributed by atoms with van der Waals surface area (Å²) in [5, 5.41) is 2.40. The van der Waals surface area contributed by atoms with Crippen molar-refractivity contribution in [1.82, 2.24) is 0 Å². The molecule has 0 aliphatic carbocycles. The maximum Gasteiger partial charge on any atom is 0.119 e. The van der Waals surface area contributed by atoms with E-state index in [0.717, 1.165) is 31.4 Å². The molecule has 0 aliphatic heterocycles. The first-order valence-electron chi connectivity index (χ1n) is 7.61. The van der Waals surface area contributed by atoms with Crippen LogP contribution in [0, 0.1) is 6.92 Å². The number of ether oxygens (including phenoxy) is 1. The summed E-state index contributed by atoms with van der Waals surface area (Å²) in [5.74, 6) is 1.59. The van der Waals surface area contributed by atoms with E-state index in [1.54, 1.807) is 0 Å². The van der Waals surface area contributed by atoms with Gasteiger partial charge in [0.15, 0.2) is 0 Å². The molecule has 0 saturated carbocycles. The smallest absolute Gasteiger partial charge is 0.119 e. The molecule has 2 N–H and O–H groups in total. The third-order valence-corrected chi connectivity index (χ3v) is 3.69. The molecule has 19 heavy (non-hydrogen) atoms. The summed E-state index contributed by atoms with van der Waals surface area (Å²) >= 11 is 0. The molecule has 2 heteroatoms. The standard InChI is InChI=1S/C17H29NO/c1-6-15(5)18-10-7-11-19-16-8-9-17(13(2)3)14(4)12-16/h8-9,12-13,15,18H,6-7,10-11H2,1-5H3/p+1/t15-/m1/s1. The van der Waals surface area contributed by atoms with Crippen LogP contribution in [0.3, 0.4) is 0 Å². The van der Waals surface area contributed by atoms with E-state index >= 15 is 0 Å². The fourth-order valence-corrected chi connectivity index (χ4v) is 2.23. The highest BCUT2D eigenvalue weighted by atomic mass is 16.5. The first-order valence-corrected chi connectivity index (χ1v) is 7.61. The van der Waals surface area contributed by atoms with Gasteiger partial charge in [0.2, 0.25) is 0 Å². The molecule has 0 saturated heterocycles. The number of aryl methyl sites for hydroxylation is 1. The minimum Gasteiger partial charge on any atom is -0.493 e. The molecule has 0 aliphatic rings. The number of rotatable bonds is 8. The van der Waals surface area contributed by atoms with Gasteiger partial charge in [-0.2, -0.15) is 0 Å². The zero-order valence-corrected chi connectivity index (χ0v) is 13.2. The van der Waals surface area contributed by atoms with E-state index in [0.29, 0.717) is 5.92 Å². The van der Waals surface area contributed by atoms with Gasteiger partial charge in [0.25, 0.3) is 0 Å². The van der Waals surface area contributed by atoms with Crippen molar-refractivity contribution in [2.45, 2.75) is 59.4 Å². The fraction of sp³-hybridized carbons (Fsp3) is 0.647. The van der Waals surface area contributed by atoms with Crippen molar-refractivity contribution >= 4 is 0 Å². The predicted octanol–water partition coefficient (Wildman–Crippen LogP) is 3.25. The van der Waals surface area contributed by atoms with E-state index in [1.807, 2.05) is 0 Å². The quantitative estimate of drug-likeness (QED) is 0.717. The Kier molecular flexibility index (Phi) is 6.93. The highest BCUT2D eigenvalue weighted by Crippen LogP contribution is 2.23. The molecule has 0 heterocycles. The zero-order chi connectivity index (χ0) is 14.3. The Morgan fingerprint density at radius 2 is 1.95 bits per heavy atom. The number of nitrogens with two attached hydrogens (primary N) is 1. The van der Waals surface area contributed by atoms with Gasteiger partial charge >= 0.3 is 0 Å². The van der Waals surface area contributed by atoms with E-state index in [2.05, 4.69) is 58.1 Å². The Labute approximate surface area is 118 Å². The molecule has 0 amide bonds. The predicted molar refractivity (Wildman–Crippen MR) is 81.9 cm³/mol. The summed E-state index contributed by atoms with van der Waals surface area (Å²) in [5.41, 5.74) is 2.75. The fourth-order valence-electron chi connectivity index (χ4n) is 2.23. The van der Waals surface area contributed by atoms with Gasteiger partial charge in [-0.25, -0.2) is 0 Å². The number of hydrogen-bond acceptors (Lipinski definition) is 1. The van der Waals surface area contributed by atoms with E-state index in [4.69, 9.17) is 4.74 Å². The Balaban J connectivity index is 2.32. The third kappa shape index (κ3) is 5.65. The maximum atomic E-state index is 5.82. The minimum absolute atomic E-state index is 0.583. The molecule has 0 radical (unpaired) electrons. The molecular formula is C17H30NO+. The maximum absolute atomic E-state index is 5.82. The SMILES string of the molecule is CC[C@@H](C)[NH2+]CCCOc1ccc(C(C)C)c(C)c1. The van der Waals surface area contributed by atoms with Crippen LogP contribution in [-0.2, 0) is 0 Å². The molecule has 108 valence electrons. The van der Waals surface area contributed by atoms with Gasteiger partial charge in [-0.15, -0.1) is 0 Å². The van der Waals surface area contributed by atoms with Crippen LogP contribution in [0.5, 0.6) is 5.75 Å². The molecule has 1 atom stereocenters. The van der Waals surface area contributed by atoms with E-state index in [1.165, 1.54) is 17.5 Å². The van der Waals surface area contributed by atoms with Gasteiger partial charge in [0, 0.05) is 6.42 Å². The van der Waals surface area contributed by atoms with Gasteiger partial charge in [0.1, 0.15) is 5.75 Å². The number of hydrogen-bond donors (Lipinski definition) is 1.